The molecule has 5 nitrogen and oxygen atoms in total. The van der Waals surface area contributed by atoms with E-state index in [4.69, 9.17) is 0 Å². The topological polar surface area (TPSA) is 76.1 Å². The Kier molecular flexibility index (Phi) is 7.37. The fourth-order valence-electron chi connectivity index (χ4n) is 4.37. The van der Waals surface area contributed by atoms with Gasteiger partial charge in [-0.15, -0.1) is 11.3 Å². The van der Waals surface area contributed by atoms with Gasteiger partial charge in [-0.05, 0) is 42.0 Å². The number of benzene rings is 2. The zero-order valence-electron chi connectivity index (χ0n) is 17.9. The lowest BCUT2D eigenvalue weighted by molar-refractivity contribution is -0.118. The zero-order chi connectivity index (χ0) is 22.4. The summed E-state index contributed by atoms with van der Waals surface area (Å²) in [5.74, 6) is 0.192. The smallest absolute Gasteiger partial charge is 0.233 e. The van der Waals surface area contributed by atoms with E-state index in [0.717, 1.165) is 30.4 Å². The number of aromatic nitrogens is 1. The Labute approximate surface area is 193 Å². The Bertz CT molecular complexity index is 1110. The Balaban J connectivity index is 1.49. The van der Waals surface area contributed by atoms with E-state index in [-0.39, 0.29) is 17.6 Å². The number of rotatable bonds is 9. The van der Waals surface area contributed by atoms with Gasteiger partial charge in [0.2, 0.25) is 5.91 Å². The molecule has 1 N–H and O–H groups in total. The van der Waals surface area contributed by atoms with E-state index in [1.54, 1.807) is 30.5 Å². The lowest BCUT2D eigenvalue weighted by Crippen LogP contribution is -2.23. The summed E-state index contributed by atoms with van der Waals surface area (Å²) in [6.45, 7) is 0. The Morgan fingerprint density at radius 3 is 2.44 bits per heavy atom. The van der Waals surface area contributed by atoms with Gasteiger partial charge in [-0.1, -0.05) is 68.1 Å². The van der Waals surface area contributed by atoms with Gasteiger partial charge in [0.05, 0.1) is 16.6 Å². The third-order valence-corrected chi connectivity index (χ3v) is 8.59. The molecule has 32 heavy (non-hydrogen) atoms. The van der Waals surface area contributed by atoms with Crippen molar-refractivity contribution in [3.05, 3.63) is 77.3 Å². The van der Waals surface area contributed by atoms with Crippen LogP contribution in [0.1, 0.15) is 49.1 Å². The predicted molar refractivity (Wildman–Crippen MR) is 129 cm³/mol. The van der Waals surface area contributed by atoms with Crippen LogP contribution in [0.3, 0.4) is 0 Å². The molecule has 0 saturated heterocycles. The summed E-state index contributed by atoms with van der Waals surface area (Å²) in [7, 11) is -3.39. The first-order chi connectivity index (χ1) is 15.5. The normalized spacial score (nSPS) is 15.5. The summed E-state index contributed by atoms with van der Waals surface area (Å²) < 4.78 is 25.6. The van der Waals surface area contributed by atoms with Crippen LogP contribution in [0.4, 0.5) is 5.13 Å². The van der Waals surface area contributed by atoms with Crippen LogP contribution in [0.5, 0.6) is 0 Å². The summed E-state index contributed by atoms with van der Waals surface area (Å²) in [4.78, 5) is 17.5. The first-order valence-electron chi connectivity index (χ1n) is 11.1. The average Bonchev–Trinajstić information content (AvgIpc) is 3.51. The predicted octanol–water partition coefficient (Wildman–Crippen LogP) is 5.46. The van der Waals surface area contributed by atoms with Gasteiger partial charge < -0.3 is 5.32 Å². The maximum Gasteiger partial charge on any atom is 0.233 e. The van der Waals surface area contributed by atoms with E-state index in [1.807, 2.05) is 35.7 Å². The molecule has 4 rings (SSSR count). The molecule has 0 aliphatic heterocycles. The SMILES string of the molecule is O=C(Nc1nccs1)C(CC1CCCC1)c1ccc(S(=O)(=O)CCc2ccccc2)cc1. The fourth-order valence-corrected chi connectivity index (χ4v) is 6.20. The van der Waals surface area contributed by atoms with Gasteiger partial charge in [-0.3, -0.25) is 4.79 Å². The van der Waals surface area contributed by atoms with Crippen molar-refractivity contribution in [2.75, 3.05) is 11.1 Å². The molecule has 7 heteroatoms. The highest BCUT2D eigenvalue weighted by Gasteiger charge is 2.27. The molecular formula is C25H28N2O3S2. The molecule has 1 aromatic heterocycles. The highest BCUT2D eigenvalue weighted by atomic mass is 32.2. The zero-order valence-corrected chi connectivity index (χ0v) is 19.6. The molecule has 0 bridgehead atoms. The largest absolute Gasteiger partial charge is 0.301 e. The minimum Gasteiger partial charge on any atom is -0.301 e. The molecule has 0 radical (unpaired) electrons. The summed E-state index contributed by atoms with van der Waals surface area (Å²) in [5.41, 5.74) is 1.86. The summed E-state index contributed by atoms with van der Waals surface area (Å²) in [6.07, 6.45) is 7.64. The second-order valence-corrected chi connectivity index (χ2v) is 11.4. The Morgan fingerprint density at radius 1 is 1.06 bits per heavy atom. The highest BCUT2D eigenvalue weighted by molar-refractivity contribution is 7.91. The number of nitrogens with one attached hydrogen (secondary N) is 1. The number of amides is 1. The van der Waals surface area contributed by atoms with Gasteiger partial charge in [0.1, 0.15) is 0 Å². The number of carbonyl (C=O) groups is 1. The lowest BCUT2D eigenvalue weighted by atomic mass is 9.87. The summed E-state index contributed by atoms with van der Waals surface area (Å²) >= 11 is 1.39. The van der Waals surface area contributed by atoms with Gasteiger partial charge in [-0.25, -0.2) is 13.4 Å². The number of anilines is 1. The van der Waals surface area contributed by atoms with Crippen LogP contribution in [-0.2, 0) is 21.1 Å². The van der Waals surface area contributed by atoms with Gasteiger partial charge in [-0.2, -0.15) is 0 Å². The van der Waals surface area contributed by atoms with Crippen molar-refractivity contribution in [1.29, 1.82) is 0 Å². The van der Waals surface area contributed by atoms with E-state index in [9.17, 15) is 13.2 Å². The minimum absolute atomic E-state index is 0.0619. The lowest BCUT2D eigenvalue weighted by Gasteiger charge is -2.20. The molecule has 1 saturated carbocycles. The van der Waals surface area contributed by atoms with E-state index in [1.165, 1.54) is 24.2 Å². The van der Waals surface area contributed by atoms with Gasteiger partial charge in [0.15, 0.2) is 15.0 Å². The van der Waals surface area contributed by atoms with Crippen LogP contribution >= 0.6 is 11.3 Å². The van der Waals surface area contributed by atoms with E-state index in [2.05, 4.69) is 10.3 Å². The molecule has 1 amide bonds. The Hall–Kier alpha value is -2.51. The molecule has 1 aliphatic rings. The molecule has 168 valence electrons. The van der Waals surface area contributed by atoms with Crippen LogP contribution in [-0.4, -0.2) is 25.1 Å². The Morgan fingerprint density at radius 2 is 1.78 bits per heavy atom. The van der Waals surface area contributed by atoms with Crippen molar-refractivity contribution in [3.63, 3.8) is 0 Å². The van der Waals surface area contributed by atoms with Crippen LogP contribution in [0.25, 0.3) is 0 Å². The number of thiazole rings is 1. The van der Waals surface area contributed by atoms with Crippen molar-refractivity contribution in [2.24, 2.45) is 5.92 Å². The second kappa shape index (κ2) is 10.4. The molecule has 1 heterocycles. The number of hydrogen-bond donors (Lipinski definition) is 1. The number of sulfone groups is 1. The van der Waals surface area contributed by atoms with Crippen molar-refractivity contribution < 1.29 is 13.2 Å². The third-order valence-electron chi connectivity index (χ3n) is 6.17. The highest BCUT2D eigenvalue weighted by Crippen LogP contribution is 2.35. The van der Waals surface area contributed by atoms with Gasteiger partial charge in [0, 0.05) is 11.6 Å². The molecule has 2 aromatic carbocycles. The minimum atomic E-state index is -3.39. The molecule has 1 aliphatic carbocycles. The maximum atomic E-state index is 13.1. The number of hydrogen-bond acceptors (Lipinski definition) is 5. The van der Waals surface area contributed by atoms with E-state index >= 15 is 0 Å². The van der Waals surface area contributed by atoms with Crippen LogP contribution in [0, 0.1) is 5.92 Å². The van der Waals surface area contributed by atoms with E-state index < -0.39 is 9.84 Å². The summed E-state index contributed by atoms with van der Waals surface area (Å²) in [5, 5.41) is 5.35. The average molecular weight is 469 g/mol. The molecule has 3 aromatic rings. The first-order valence-corrected chi connectivity index (χ1v) is 13.6. The maximum absolute atomic E-state index is 13.1. The van der Waals surface area contributed by atoms with Gasteiger partial charge in [0.25, 0.3) is 0 Å². The number of aryl methyl sites for hydroxylation is 1. The number of carbonyl (C=O) groups excluding carboxylic acids is 1. The molecule has 1 fully saturated rings. The third kappa shape index (κ3) is 5.84. The molecule has 1 unspecified atom stereocenters. The van der Waals surface area contributed by atoms with Crippen molar-refractivity contribution in [1.82, 2.24) is 4.98 Å². The van der Waals surface area contributed by atoms with Crippen LogP contribution < -0.4 is 5.32 Å². The monoisotopic (exact) mass is 468 g/mol. The second-order valence-electron chi connectivity index (χ2n) is 8.39. The van der Waals surface area contributed by atoms with Crippen molar-refractivity contribution in [3.8, 4) is 0 Å². The van der Waals surface area contributed by atoms with Crippen molar-refractivity contribution in [2.45, 2.75) is 49.3 Å². The molecule has 1 atom stereocenters. The molecular weight excluding hydrogens is 440 g/mol. The number of nitrogens with zero attached hydrogens (tertiary/aromatic N) is 1. The molecule has 0 spiro atoms. The van der Waals surface area contributed by atoms with Gasteiger partial charge >= 0.3 is 0 Å². The standard InChI is InChI=1S/C25H28N2O3S2/c28-24(27-25-26-15-16-31-25)23(18-20-8-4-5-9-20)21-10-12-22(13-11-21)32(29,30)17-14-19-6-2-1-3-7-19/h1-3,6-7,10-13,15-16,20,23H,4-5,8-9,14,17-18H2,(H,26,27,28). The summed E-state index contributed by atoms with van der Waals surface area (Å²) in [6, 6.07) is 16.5. The quantitative estimate of drug-likeness (QED) is 0.452. The van der Waals surface area contributed by atoms with Crippen molar-refractivity contribution >= 4 is 32.2 Å². The van der Waals surface area contributed by atoms with Crippen LogP contribution in [0.15, 0.2) is 71.1 Å². The first kappa shape index (κ1) is 22.7. The fraction of sp³-hybridized carbons (Fsp3) is 0.360. The van der Waals surface area contributed by atoms with E-state index in [0.29, 0.717) is 22.4 Å². The van der Waals surface area contributed by atoms with Crippen LogP contribution in [0.2, 0.25) is 0 Å².